The van der Waals surface area contributed by atoms with Crippen molar-refractivity contribution in [2.75, 3.05) is 30.9 Å². The van der Waals surface area contributed by atoms with Crippen LogP contribution in [0.15, 0.2) is 48.5 Å². The molecule has 2 N–H and O–H groups in total. The van der Waals surface area contributed by atoms with Gasteiger partial charge in [0.05, 0.1) is 11.9 Å². The van der Waals surface area contributed by atoms with Gasteiger partial charge in [-0.3, -0.25) is 4.79 Å². The topological polar surface area (TPSA) is 70.2 Å². The van der Waals surface area contributed by atoms with E-state index in [-0.39, 0.29) is 18.1 Å². The number of halogens is 1. The summed E-state index contributed by atoms with van der Waals surface area (Å²) < 4.78 is 13.0. The Hall–Kier alpha value is -3.22. The van der Waals surface area contributed by atoms with Gasteiger partial charge < -0.3 is 15.5 Å². The normalized spacial score (nSPS) is 18.3. The van der Waals surface area contributed by atoms with Crippen LogP contribution in [0.25, 0.3) is 10.9 Å². The first-order valence-corrected chi connectivity index (χ1v) is 11.2. The van der Waals surface area contributed by atoms with Gasteiger partial charge in [0, 0.05) is 32.1 Å². The predicted molar refractivity (Wildman–Crippen MR) is 126 cm³/mol. The van der Waals surface area contributed by atoms with E-state index in [0.29, 0.717) is 24.5 Å². The van der Waals surface area contributed by atoms with Gasteiger partial charge >= 0.3 is 0 Å². The molecule has 1 heterocycles. The minimum Gasteiger partial charge on any atom is -0.362 e. The Labute approximate surface area is 188 Å². The maximum atomic E-state index is 13.0. The van der Waals surface area contributed by atoms with E-state index in [2.05, 4.69) is 10.6 Å². The molecule has 1 aliphatic rings. The number of nitrogens with zero attached hydrogens (tertiary/aromatic N) is 3. The molecule has 0 unspecified atom stereocenters. The van der Waals surface area contributed by atoms with E-state index in [1.165, 1.54) is 12.1 Å². The highest BCUT2D eigenvalue weighted by Gasteiger charge is 2.22. The Morgan fingerprint density at radius 3 is 2.47 bits per heavy atom. The van der Waals surface area contributed by atoms with Crippen molar-refractivity contribution in [3.8, 4) is 0 Å². The van der Waals surface area contributed by atoms with Crippen molar-refractivity contribution in [1.82, 2.24) is 15.3 Å². The Morgan fingerprint density at radius 2 is 1.75 bits per heavy atom. The third kappa shape index (κ3) is 5.52. The van der Waals surface area contributed by atoms with Crippen LogP contribution < -0.4 is 15.5 Å². The van der Waals surface area contributed by atoms with E-state index in [9.17, 15) is 9.18 Å². The maximum absolute atomic E-state index is 13.0. The first kappa shape index (κ1) is 22.0. The zero-order chi connectivity index (χ0) is 22.5. The largest absolute Gasteiger partial charge is 0.362 e. The number of hydrogen-bond acceptors (Lipinski definition) is 5. The van der Waals surface area contributed by atoms with E-state index >= 15 is 0 Å². The fourth-order valence-corrected chi connectivity index (χ4v) is 4.27. The lowest BCUT2D eigenvalue weighted by atomic mass is 9.86. The van der Waals surface area contributed by atoms with Crippen molar-refractivity contribution in [3.05, 3.63) is 59.9 Å². The van der Waals surface area contributed by atoms with Crippen LogP contribution in [-0.4, -0.2) is 42.6 Å². The molecule has 1 fully saturated rings. The molecule has 3 aromatic rings. The summed E-state index contributed by atoms with van der Waals surface area (Å²) in [4.78, 5) is 23.7. The molecule has 1 amide bonds. The second-order valence-corrected chi connectivity index (χ2v) is 8.75. The van der Waals surface area contributed by atoms with Crippen molar-refractivity contribution < 1.29 is 9.18 Å². The molecule has 7 heteroatoms. The molecule has 1 aliphatic carbocycles. The lowest BCUT2D eigenvalue weighted by Crippen LogP contribution is -2.34. The maximum Gasteiger partial charge on any atom is 0.225 e. The van der Waals surface area contributed by atoms with E-state index in [4.69, 9.17) is 9.97 Å². The molecule has 168 valence electrons. The van der Waals surface area contributed by atoms with Crippen LogP contribution in [0, 0.1) is 11.7 Å². The summed E-state index contributed by atoms with van der Waals surface area (Å²) in [5.74, 6) is 1.75. The number of carbonyl (C=O) groups excluding carboxylic acids is 1. The molecule has 1 aromatic heterocycles. The zero-order valence-corrected chi connectivity index (χ0v) is 18.6. The molecule has 6 nitrogen and oxygen atoms in total. The number of amides is 1. The van der Waals surface area contributed by atoms with Crippen LogP contribution in [0.5, 0.6) is 0 Å². The minimum absolute atomic E-state index is 0.0161. The highest BCUT2D eigenvalue weighted by atomic mass is 19.1. The van der Waals surface area contributed by atoms with Gasteiger partial charge in [-0.2, -0.15) is 4.98 Å². The molecule has 0 atom stereocenters. The Kier molecular flexibility index (Phi) is 6.83. The number of nitrogens with one attached hydrogen (secondary N) is 2. The number of benzene rings is 2. The average molecular weight is 436 g/mol. The summed E-state index contributed by atoms with van der Waals surface area (Å²) >= 11 is 0. The summed E-state index contributed by atoms with van der Waals surface area (Å²) in [6.45, 7) is 0.685. The molecule has 0 aliphatic heterocycles. The monoisotopic (exact) mass is 435 g/mol. The van der Waals surface area contributed by atoms with Crippen LogP contribution >= 0.6 is 0 Å². The summed E-state index contributed by atoms with van der Waals surface area (Å²) in [5.41, 5.74) is 1.76. The third-order valence-electron chi connectivity index (χ3n) is 6.05. The van der Waals surface area contributed by atoms with E-state index in [1.54, 1.807) is 12.1 Å². The van der Waals surface area contributed by atoms with Crippen molar-refractivity contribution in [3.63, 3.8) is 0 Å². The molecule has 2 aromatic carbocycles. The first-order valence-electron chi connectivity index (χ1n) is 11.2. The third-order valence-corrected chi connectivity index (χ3v) is 6.05. The van der Waals surface area contributed by atoms with Gasteiger partial charge in [0.15, 0.2) is 0 Å². The minimum atomic E-state index is -0.286. The number of carbonyl (C=O) groups is 1. The molecule has 0 radical (unpaired) electrons. The molecular formula is C25H30FN5O. The van der Waals surface area contributed by atoms with Crippen molar-refractivity contribution in [2.24, 2.45) is 5.92 Å². The van der Waals surface area contributed by atoms with Gasteiger partial charge in [0.2, 0.25) is 11.9 Å². The number of para-hydroxylation sites is 1. The Balaban J connectivity index is 1.27. The van der Waals surface area contributed by atoms with Crippen molar-refractivity contribution >= 4 is 28.6 Å². The van der Waals surface area contributed by atoms with Crippen LogP contribution in [0.3, 0.4) is 0 Å². The van der Waals surface area contributed by atoms with Gasteiger partial charge in [-0.05, 0) is 61.4 Å². The van der Waals surface area contributed by atoms with Crippen molar-refractivity contribution in [2.45, 2.75) is 38.1 Å². The highest BCUT2D eigenvalue weighted by Crippen LogP contribution is 2.28. The number of rotatable bonds is 7. The van der Waals surface area contributed by atoms with Gasteiger partial charge in [-0.15, -0.1) is 0 Å². The summed E-state index contributed by atoms with van der Waals surface area (Å²) in [6, 6.07) is 14.5. The van der Waals surface area contributed by atoms with Gasteiger partial charge in [-0.1, -0.05) is 24.3 Å². The van der Waals surface area contributed by atoms with Crippen LogP contribution in [0.2, 0.25) is 0 Å². The summed E-state index contributed by atoms with van der Waals surface area (Å²) in [5, 5.41) is 7.61. The highest BCUT2D eigenvalue weighted by molar-refractivity contribution is 5.90. The number of aromatic nitrogens is 2. The zero-order valence-electron chi connectivity index (χ0n) is 18.6. The number of fused-ring (bicyclic) bond motifs is 1. The number of anilines is 2. The smallest absolute Gasteiger partial charge is 0.225 e. The molecule has 0 bridgehead atoms. The predicted octanol–water partition coefficient (Wildman–Crippen LogP) is 4.16. The standard InChI is InChI=1S/C25H30FN5O/c1-31(2)24-21-5-3-4-6-22(21)29-25(30-24)28-20-13-9-18(10-14-20)16-27-23(32)15-17-7-11-19(26)12-8-17/h3-8,11-12,18,20H,9-10,13-16H2,1-2H3,(H,27,32)(H,28,29,30). The molecule has 32 heavy (non-hydrogen) atoms. The lowest BCUT2D eigenvalue weighted by molar-refractivity contribution is -0.120. The van der Waals surface area contributed by atoms with Gasteiger partial charge in [0.1, 0.15) is 11.6 Å². The lowest BCUT2D eigenvalue weighted by Gasteiger charge is -2.29. The van der Waals surface area contributed by atoms with Crippen LogP contribution in [0.1, 0.15) is 31.2 Å². The van der Waals surface area contributed by atoms with E-state index in [0.717, 1.165) is 48.0 Å². The molecule has 1 saturated carbocycles. The molecule has 0 saturated heterocycles. The quantitative estimate of drug-likeness (QED) is 0.583. The Morgan fingerprint density at radius 1 is 1.03 bits per heavy atom. The van der Waals surface area contributed by atoms with Crippen molar-refractivity contribution in [1.29, 1.82) is 0 Å². The SMILES string of the molecule is CN(C)c1nc(NC2CCC(CNC(=O)Cc3ccc(F)cc3)CC2)nc2ccccc12. The second-order valence-electron chi connectivity index (χ2n) is 8.75. The number of hydrogen-bond donors (Lipinski definition) is 2. The van der Waals surface area contributed by atoms with E-state index < -0.39 is 0 Å². The van der Waals surface area contributed by atoms with Gasteiger partial charge in [0.25, 0.3) is 0 Å². The average Bonchev–Trinajstić information content (AvgIpc) is 2.79. The molecule has 0 spiro atoms. The van der Waals surface area contributed by atoms with Gasteiger partial charge in [-0.25, -0.2) is 9.37 Å². The van der Waals surface area contributed by atoms with Crippen LogP contribution in [0.4, 0.5) is 16.2 Å². The fraction of sp³-hybridized carbons (Fsp3) is 0.400. The fourth-order valence-electron chi connectivity index (χ4n) is 4.27. The second kappa shape index (κ2) is 9.94. The summed E-state index contributed by atoms with van der Waals surface area (Å²) in [7, 11) is 3.99. The Bertz CT molecular complexity index is 1060. The van der Waals surface area contributed by atoms with E-state index in [1.807, 2.05) is 43.3 Å². The molecular weight excluding hydrogens is 405 g/mol. The first-order chi connectivity index (χ1) is 15.5. The summed E-state index contributed by atoms with van der Waals surface area (Å²) in [6.07, 6.45) is 4.41. The van der Waals surface area contributed by atoms with Crippen LogP contribution in [-0.2, 0) is 11.2 Å². The molecule has 4 rings (SSSR count).